The Labute approximate surface area is 109 Å². The van der Waals surface area contributed by atoms with Crippen molar-refractivity contribution in [3.8, 4) is 0 Å². The quantitative estimate of drug-likeness (QED) is 0.729. The zero-order valence-corrected chi connectivity index (χ0v) is 10.4. The number of rotatable bonds is 6. The molecule has 19 heavy (non-hydrogen) atoms. The average Bonchev–Trinajstić information content (AvgIpc) is 2.37. The van der Waals surface area contributed by atoms with Gasteiger partial charge in [-0.15, -0.1) is 0 Å². The first-order valence-corrected chi connectivity index (χ1v) is 5.58. The van der Waals surface area contributed by atoms with Crippen LogP contribution in [0.5, 0.6) is 0 Å². The molecule has 0 saturated carbocycles. The van der Waals surface area contributed by atoms with Gasteiger partial charge in [-0.3, -0.25) is 0 Å². The van der Waals surface area contributed by atoms with Crippen molar-refractivity contribution in [1.29, 1.82) is 0 Å². The molecule has 0 saturated heterocycles. The number of carbonyl (C=O) groups excluding carboxylic acids is 1. The van der Waals surface area contributed by atoms with Gasteiger partial charge in [0.2, 0.25) is 0 Å². The van der Waals surface area contributed by atoms with Crippen LogP contribution in [0.15, 0.2) is 24.3 Å². The summed E-state index contributed by atoms with van der Waals surface area (Å²) in [6, 6.07) is 3.73. The number of carboxylic acids is 1. The van der Waals surface area contributed by atoms with Gasteiger partial charge in [0, 0.05) is 20.1 Å². The molecular weight excluding hydrogens is 255 g/mol. The van der Waals surface area contributed by atoms with E-state index in [1.54, 1.807) is 6.07 Å². The monoisotopic (exact) mass is 270 g/mol. The number of urea groups is 1. The lowest BCUT2D eigenvalue weighted by Crippen LogP contribution is -2.43. The summed E-state index contributed by atoms with van der Waals surface area (Å²) in [6.45, 7) is 0.191. The summed E-state index contributed by atoms with van der Waals surface area (Å²) in [4.78, 5) is 22.4. The second-order valence-corrected chi connectivity index (χ2v) is 3.75. The number of carbonyl (C=O) groups is 2. The third kappa shape index (κ3) is 4.92. The van der Waals surface area contributed by atoms with Crippen molar-refractivity contribution in [3.05, 3.63) is 30.1 Å². The number of benzene rings is 1. The standard InChI is InChI=1S/C12H15FN2O4/c1-19-7-6-10(11(16)17)15-12(18)14-9-5-3-2-4-8(9)13/h2-5,10H,6-7H2,1H3,(H,16,17)(H2,14,15,18). The molecule has 0 aliphatic heterocycles. The van der Waals surface area contributed by atoms with Crippen LogP contribution in [0, 0.1) is 5.82 Å². The summed E-state index contributed by atoms with van der Waals surface area (Å²) >= 11 is 0. The van der Waals surface area contributed by atoms with Crippen LogP contribution in [0.25, 0.3) is 0 Å². The van der Waals surface area contributed by atoms with Gasteiger partial charge in [-0.1, -0.05) is 12.1 Å². The molecule has 0 bridgehead atoms. The Kier molecular flexibility index (Phi) is 5.74. The number of ether oxygens (including phenoxy) is 1. The highest BCUT2D eigenvalue weighted by molar-refractivity contribution is 5.92. The normalized spacial score (nSPS) is 11.7. The summed E-state index contributed by atoms with van der Waals surface area (Å²) < 4.78 is 18.0. The number of methoxy groups -OCH3 is 1. The minimum atomic E-state index is -1.18. The lowest BCUT2D eigenvalue weighted by Gasteiger charge is -2.14. The highest BCUT2D eigenvalue weighted by Crippen LogP contribution is 2.12. The maximum Gasteiger partial charge on any atom is 0.326 e. The molecule has 1 rings (SSSR count). The minimum absolute atomic E-state index is 0.0177. The molecule has 7 heteroatoms. The lowest BCUT2D eigenvalue weighted by molar-refractivity contribution is -0.139. The Balaban J connectivity index is 2.58. The predicted molar refractivity (Wildman–Crippen MR) is 66.5 cm³/mol. The van der Waals surface area contributed by atoms with E-state index < -0.39 is 23.9 Å². The fraction of sp³-hybridized carbons (Fsp3) is 0.333. The van der Waals surface area contributed by atoms with Crippen LogP contribution in [-0.4, -0.2) is 36.9 Å². The number of aliphatic carboxylic acids is 1. The van der Waals surface area contributed by atoms with E-state index in [2.05, 4.69) is 10.6 Å². The van der Waals surface area contributed by atoms with Crippen LogP contribution < -0.4 is 10.6 Å². The van der Waals surface area contributed by atoms with Crippen molar-refractivity contribution < 1.29 is 23.8 Å². The van der Waals surface area contributed by atoms with Crippen LogP contribution in [-0.2, 0) is 9.53 Å². The highest BCUT2D eigenvalue weighted by atomic mass is 19.1. The number of carboxylic acid groups (broad SMARTS) is 1. The Morgan fingerprint density at radius 3 is 2.68 bits per heavy atom. The van der Waals surface area contributed by atoms with Crippen LogP contribution in [0.3, 0.4) is 0 Å². The van der Waals surface area contributed by atoms with E-state index in [0.29, 0.717) is 0 Å². The maximum atomic E-state index is 13.3. The van der Waals surface area contributed by atoms with E-state index in [-0.39, 0.29) is 18.7 Å². The predicted octanol–water partition coefficient (Wildman–Crippen LogP) is 1.44. The molecule has 2 amide bonds. The number of nitrogens with one attached hydrogen (secondary N) is 2. The maximum absolute atomic E-state index is 13.3. The summed E-state index contributed by atoms with van der Waals surface area (Å²) in [6.07, 6.45) is 0.122. The molecule has 0 heterocycles. The van der Waals surface area contributed by atoms with Gasteiger partial charge in [0.15, 0.2) is 0 Å². The van der Waals surface area contributed by atoms with E-state index in [0.717, 1.165) is 0 Å². The number of hydrogen-bond donors (Lipinski definition) is 3. The molecule has 0 radical (unpaired) electrons. The number of hydrogen-bond acceptors (Lipinski definition) is 3. The van der Waals surface area contributed by atoms with E-state index in [9.17, 15) is 14.0 Å². The minimum Gasteiger partial charge on any atom is -0.480 e. The first-order chi connectivity index (χ1) is 9.04. The third-order valence-electron chi connectivity index (χ3n) is 2.34. The summed E-state index contributed by atoms with van der Waals surface area (Å²) in [5, 5.41) is 13.4. The van der Waals surface area contributed by atoms with E-state index in [1.165, 1.54) is 25.3 Å². The molecule has 104 valence electrons. The molecular formula is C12H15FN2O4. The van der Waals surface area contributed by atoms with Crippen molar-refractivity contribution in [3.63, 3.8) is 0 Å². The second-order valence-electron chi connectivity index (χ2n) is 3.75. The third-order valence-corrected chi connectivity index (χ3v) is 2.34. The molecule has 0 aliphatic rings. The van der Waals surface area contributed by atoms with Gasteiger partial charge in [0.1, 0.15) is 11.9 Å². The van der Waals surface area contributed by atoms with Gasteiger partial charge in [-0.2, -0.15) is 0 Å². The fourth-order valence-corrected chi connectivity index (χ4v) is 1.37. The summed E-state index contributed by atoms with van der Waals surface area (Å²) in [5.74, 6) is -1.78. The van der Waals surface area contributed by atoms with Gasteiger partial charge in [-0.05, 0) is 12.1 Å². The molecule has 3 N–H and O–H groups in total. The van der Waals surface area contributed by atoms with E-state index in [1.807, 2.05) is 0 Å². The van der Waals surface area contributed by atoms with Crippen LogP contribution in [0.2, 0.25) is 0 Å². The van der Waals surface area contributed by atoms with Gasteiger partial charge in [0.25, 0.3) is 0 Å². The molecule has 1 atom stereocenters. The topological polar surface area (TPSA) is 87.7 Å². The van der Waals surface area contributed by atoms with Crippen molar-refractivity contribution in [2.75, 3.05) is 19.0 Å². The van der Waals surface area contributed by atoms with Crippen molar-refractivity contribution in [1.82, 2.24) is 5.32 Å². The molecule has 1 aromatic rings. The van der Waals surface area contributed by atoms with Crippen molar-refractivity contribution >= 4 is 17.7 Å². The lowest BCUT2D eigenvalue weighted by atomic mass is 10.2. The van der Waals surface area contributed by atoms with Crippen molar-refractivity contribution in [2.45, 2.75) is 12.5 Å². The van der Waals surface area contributed by atoms with Gasteiger partial charge >= 0.3 is 12.0 Å². The Bertz CT molecular complexity index is 453. The molecule has 0 aliphatic carbocycles. The number of halogens is 1. The number of anilines is 1. The smallest absolute Gasteiger partial charge is 0.326 e. The Morgan fingerprint density at radius 2 is 2.11 bits per heavy atom. The fourth-order valence-electron chi connectivity index (χ4n) is 1.37. The molecule has 0 fully saturated rings. The Morgan fingerprint density at radius 1 is 1.42 bits per heavy atom. The first-order valence-electron chi connectivity index (χ1n) is 5.58. The van der Waals surface area contributed by atoms with E-state index >= 15 is 0 Å². The number of amides is 2. The van der Waals surface area contributed by atoms with Crippen LogP contribution in [0.1, 0.15) is 6.42 Å². The molecule has 6 nitrogen and oxygen atoms in total. The van der Waals surface area contributed by atoms with Crippen molar-refractivity contribution in [2.24, 2.45) is 0 Å². The second kappa shape index (κ2) is 7.32. The summed E-state index contributed by atoms with van der Waals surface area (Å²) in [5.41, 5.74) is -0.0177. The van der Waals surface area contributed by atoms with Gasteiger partial charge in [0.05, 0.1) is 5.69 Å². The largest absolute Gasteiger partial charge is 0.480 e. The summed E-state index contributed by atoms with van der Waals surface area (Å²) in [7, 11) is 1.43. The average molecular weight is 270 g/mol. The van der Waals surface area contributed by atoms with Gasteiger partial charge in [-0.25, -0.2) is 14.0 Å². The SMILES string of the molecule is COCCC(NC(=O)Nc1ccccc1F)C(=O)O. The molecule has 0 aromatic heterocycles. The molecule has 0 spiro atoms. The van der Waals surface area contributed by atoms with Crippen LogP contribution >= 0.6 is 0 Å². The zero-order chi connectivity index (χ0) is 14.3. The highest BCUT2D eigenvalue weighted by Gasteiger charge is 2.19. The molecule has 1 unspecified atom stereocenters. The van der Waals surface area contributed by atoms with Gasteiger partial charge < -0.3 is 20.5 Å². The zero-order valence-electron chi connectivity index (χ0n) is 10.4. The van der Waals surface area contributed by atoms with E-state index in [4.69, 9.17) is 9.84 Å². The Hall–Kier alpha value is -2.15. The first kappa shape index (κ1) is 14.9. The molecule has 1 aromatic carbocycles. The van der Waals surface area contributed by atoms with Crippen LogP contribution in [0.4, 0.5) is 14.9 Å². The number of para-hydroxylation sites is 1.